The van der Waals surface area contributed by atoms with Crippen LogP contribution in [0.3, 0.4) is 0 Å². The number of aryl methyl sites for hydroxylation is 1. The summed E-state index contributed by atoms with van der Waals surface area (Å²) in [6, 6.07) is 11.4. The molecular weight excluding hydrogens is 504 g/mol. The number of carboxylic acid groups (broad SMARTS) is 1. The third kappa shape index (κ3) is 6.42. The molecule has 0 spiro atoms. The van der Waals surface area contributed by atoms with Gasteiger partial charge in [0.1, 0.15) is 0 Å². The summed E-state index contributed by atoms with van der Waals surface area (Å²) in [6.07, 6.45) is 2.89. The second kappa shape index (κ2) is 12.1. The topological polar surface area (TPSA) is 150 Å². The first-order valence-electron chi connectivity index (χ1n) is 13.1. The first kappa shape index (κ1) is 27.7. The van der Waals surface area contributed by atoms with Crippen molar-refractivity contribution in [2.75, 3.05) is 13.1 Å². The monoisotopic (exact) mass is 536 g/mol. The van der Waals surface area contributed by atoms with Crippen LogP contribution >= 0.6 is 0 Å². The van der Waals surface area contributed by atoms with Crippen LogP contribution in [-0.4, -0.2) is 68.8 Å². The summed E-state index contributed by atoms with van der Waals surface area (Å²) in [5.74, 6) is -2.80. The number of aliphatic carboxylic acids is 1. The molecule has 11 heteroatoms. The Hall–Kier alpha value is -4.28. The van der Waals surface area contributed by atoms with Crippen LogP contribution in [-0.2, 0) is 9.59 Å². The van der Waals surface area contributed by atoms with Crippen molar-refractivity contribution in [1.82, 2.24) is 15.1 Å². The molecule has 2 fully saturated rings. The summed E-state index contributed by atoms with van der Waals surface area (Å²) in [5.41, 5.74) is 1.04. The predicted molar refractivity (Wildman–Crippen MR) is 141 cm³/mol. The predicted octanol–water partition coefficient (Wildman–Crippen LogP) is 3.37. The zero-order valence-corrected chi connectivity index (χ0v) is 21.7. The number of hydrogen-bond donors (Lipinski definition) is 2. The van der Waals surface area contributed by atoms with E-state index in [1.165, 1.54) is 28.0 Å². The zero-order valence-electron chi connectivity index (χ0n) is 21.7. The lowest BCUT2D eigenvalue weighted by molar-refractivity contribution is -0.384. The Morgan fingerprint density at radius 3 is 2.18 bits per heavy atom. The van der Waals surface area contributed by atoms with Gasteiger partial charge in [-0.2, -0.15) is 0 Å². The lowest BCUT2D eigenvalue weighted by Gasteiger charge is -2.34. The molecule has 1 saturated carbocycles. The Labute approximate surface area is 225 Å². The van der Waals surface area contributed by atoms with E-state index in [0.29, 0.717) is 5.56 Å². The fraction of sp³-hybridized carbons (Fsp3) is 0.429. The molecule has 11 nitrogen and oxygen atoms in total. The number of carbonyl (C=O) groups is 4. The number of carbonyl (C=O) groups excluding carboxylic acids is 3. The van der Waals surface area contributed by atoms with Crippen molar-refractivity contribution in [3.8, 4) is 0 Å². The molecule has 1 aliphatic heterocycles. The highest BCUT2D eigenvalue weighted by Gasteiger charge is 2.44. The minimum atomic E-state index is -1.34. The lowest BCUT2D eigenvalue weighted by atomic mass is 9.82. The van der Waals surface area contributed by atoms with E-state index in [1.807, 2.05) is 6.92 Å². The second-order valence-electron chi connectivity index (χ2n) is 10.2. The van der Waals surface area contributed by atoms with Crippen LogP contribution in [0.15, 0.2) is 48.5 Å². The molecule has 2 atom stereocenters. The van der Waals surface area contributed by atoms with Crippen LogP contribution in [0, 0.1) is 23.0 Å². The number of benzene rings is 2. The third-order valence-electron chi connectivity index (χ3n) is 7.47. The molecule has 39 heavy (non-hydrogen) atoms. The zero-order chi connectivity index (χ0) is 28.1. The number of nitro benzene ring substituents is 1. The number of amides is 3. The van der Waals surface area contributed by atoms with Gasteiger partial charge in [-0.3, -0.25) is 29.3 Å². The van der Waals surface area contributed by atoms with Gasteiger partial charge in [-0.15, -0.1) is 0 Å². The number of nitro groups is 1. The molecule has 206 valence electrons. The highest BCUT2D eigenvalue weighted by molar-refractivity contribution is 6.02. The average molecular weight is 537 g/mol. The minimum absolute atomic E-state index is 0.0148. The quantitative estimate of drug-likeness (QED) is 0.388. The van der Waals surface area contributed by atoms with Crippen LogP contribution in [0.2, 0.25) is 0 Å². The lowest BCUT2D eigenvalue weighted by Crippen LogP contribution is -2.57. The summed E-state index contributed by atoms with van der Waals surface area (Å²) >= 11 is 0. The van der Waals surface area contributed by atoms with Gasteiger partial charge in [0.25, 0.3) is 23.4 Å². The number of nitrogens with zero attached hydrogens (tertiary/aromatic N) is 3. The van der Waals surface area contributed by atoms with Crippen molar-refractivity contribution >= 4 is 29.4 Å². The number of rotatable bonds is 8. The molecule has 1 saturated heterocycles. The molecule has 1 heterocycles. The van der Waals surface area contributed by atoms with Gasteiger partial charge >= 0.3 is 5.97 Å². The summed E-state index contributed by atoms with van der Waals surface area (Å²) in [7, 11) is 0. The van der Waals surface area contributed by atoms with Crippen molar-refractivity contribution in [1.29, 1.82) is 0 Å². The molecule has 0 radical (unpaired) electrons. The van der Waals surface area contributed by atoms with E-state index >= 15 is 0 Å². The molecule has 0 bridgehead atoms. The van der Waals surface area contributed by atoms with Crippen LogP contribution < -0.4 is 5.32 Å². The normalized spacial score (nSPS) is 18.4. The minimum Gasteiger partial charge on any atom is -0.481 e. The molecule has 2 aromatic rings. The van der Waals surface area contributed by atoms with Gasteiger partial charge in [-0.25, -0.2) is 0 Å². The van der Waals surface area contributed by atoms with Crippen LogP contribution in [0.4, 0.5) is 5.69 Å². The van der Waals surface area contributed by atoms with E-state index in [1.54, 1.807) is 24.3 Å². The Balaban J connectivity index is 1.66. The summed E-state index contributed by atoms with van der Waals surface area (Å²) in [6.45, 7) is 1.98. The van der Waals surface area contributed by atoms with Gasteiger partial charge < -0.3 is 20.2 Å². The maximum atomic E-state index is 13.8. The third-order valence-corrected chi connectivity index (χ3v) is 7.47. The first-order chi connectivity index (χ1) is 18.7. The van der Waals surface area contributed by atoms with Gasteiger partial charge in [0, 0.05) is 42.4 Å². The Kier molecular flexibility index (Phi) is 8.58. The summed E-state index contributed by atoms with van der Waals surface area (Å²) in [4.78, 5) is 65.7. The van der Waals surface area contributed by atoms with Gasteiger partial charge in [0.05, 0.1) is 11.3 Å². The van der Waals surface area contributed by atoms with Crippen molar-refractivity contribution in [2.24, 2.45) is 5.92 Å². The van der Waals surface area contributed by atoms with Gasteiger partial charge in [-0.05, 0) is 43.9 Å². The fourth-order valence-electron chi connectivity index (χ4n) is 5.43. The number of carboxylic acids is 1. The van der Waals surface area contributed by atoms with Crippen LogP contribution in [0.25, 0.3) is 0 Å². The fourth-order valence-corrected chi connectivity index (χ4v) is 5.43. The Morgan fingerprint density at radius 1 is 0.974 bits per heavy atom. The first-order valence-corrected chi connectivity index (χ1v) is 13.1. The van der Waals surface area contributed by atoms with Crippen molar-refractivity contribution in [3.63, 3.8) is 0 Å². The van der Waals surface area contributed by atoms with Gasteiger partial charge in [-0.1, -0.05) is 43.0 Å². The van der Waals surface area contributed by atoms with Crippen LogP contribution in [0.1, 0.15) is 64.8 Å². The molecule has 2 unspecified atom stereocenters. The molecule has 2 aromatic carbocycles. The van der Waals surface area contributed by atoms with Crippen molar-refractivity contribution < 1.29 is 29.2 Å². The van der Waals surface area contributed by atoms with Gasteiger partial charge in [0.15, 0.2) is 6.17 Å². The summed E-state index contributed by atoms with van der Waals surface area (Å²) in [5, 5.41) is 23.7. The largest absolute Gasteiger partial charge is 0.481 e. The molecule has 2 aliphatic rings. The number of hydrogen-bond acceptors (Lipinski definition) is 6. The van der Waals surface area contributed by atoms with E-state index < -0.39 is 40.8 Å². The molecule has 2 N–H and O–H groups in total. The van der Waals surface area contributed by atoms with Crippen molar-refractivity contribution in [2.45, 2.75) is 57.7 Å². The Morgan fingerprint density at radius 2 is 1.59 bits per heavy atom. The molecule has 4 rings (SSSR count). The summed E-state index contributed by atoms with van der Waals surface area (Å²) < 4.78 is 0. The smallest absolute Gasteiger partial charge is 0.305 e. The SMILES string of the molecule is Cc1ccc(C(=O)N2CCN(C(=O)c3cccc([N+](=O)[O-])c3)C2C(=O)NC(CC(=O)O)C2CCCCC2)cc1. The number of non-ortho nitro benzene ring substituents is 1. The molecular formula is C28H32N4O7. The van der Waals surface area contributed by atoms with E-state index in [-0.39, 0.29) is 36.7 Å². The highest BCUT2D eigenvalue weighted by Crippen LogP contribution is 2.29. The maximum absolute atomic E-state index is 13.8. The Bertz CT molecular complexity index is 1260. The van der Waals surface area contributed by atoms with E-state index in [4.69, 9.17) is 0 Å². The van der Waals surface area contributed by atoms with Crippen LogP contribution in [0.5, 0.6) is 0 Å². The van der Waals surface area contributed by atoms with Crippen molar-refractivity contribution in [3.05, 3.63) is 75.3 Å². The van der Waals surface area contributed by atoms with Gasteiger partial charge in [0.2, 0.25) is 0 Å². The standard InChI is InChI=1S/C28H32N4O7/c1-18-10-12-20(13-11-18)27(36)30-14-15-31(28(37)21-8-5-9-22(16-21)32(38)39)26(30)25(35)29-23(17-24(33)34)19-6-3-2-4-7-19/h5,8-13,16,19,23,26H,2-4,6-7,14-15,17H2,1H3,(H,29,35)(H,33,34). The molecule has 3 amide bonds. The van der Waals surface area contributed by atoms with E-state index in [0.717, 1.165) is 43.7 Å². The molecule has 1 aliphatic carbocycles. The van der Waals surface area contributed by atoms with E-state index in [2.05, 4.69) is 5.32 Å². The highest BCUT2D eigenvalue weighted by atomic mass is 16.6. The molecule has 0 aromatic heterocycles. The van der Waals surface area contributed by atoms with E-state index in [9.17, 15) is 34.4 Å². The maximum Gasteiger partial charge on any atom is 0.305 e. The second-order valence-corrected chi connectivity index (χ2v) is 10.2. The average Bonchev–Trinajstić information content (AvgIpc) is 3.38. The number of nitrogens with one attached hydrogen (secondary N) is 1.